The predicted octanol–water partition coefficient (Wildman–Crippen LogP) is 3.16. The monoisotopic (exact) mass is 430 g/mol. The number of likely N-dealkylation sites (tertiary alicyclic amines) is 1. The van der Waals surface area contributed by atoms with Gasteiger partial charge in [0.2, 0.25) is 10.0 Å². The molecule has 1 fully saturated rings. The topological polar surface area (TPSA) is 75.7 Å². The minimum atomic E-state index is -3.55. The summed E-state index contributed by atoms with van der Waals surface area (Å²) in [5.41, 5.74) is 2.18. The van der Waals surface area contributed by atoms with E-state index < -0.39 is 10.0 Å². The summed E-state index contributed by atoms with van der Waals surface area (Å²) in [7, 11) is -3.55. The molecule has 162 valence electrons. The molecule has 1 N–H and O–H groups in total. The van der Waals surface area contributed by atoms with Crippen molar-refractivity contribution < 1.29 is 17.9 Å². The number of carbonyl (C=O) groups excluding carboxylic acids is 1. The molecular formula is C23H30N2O4S. The zero-order chi connectivity index (χ0) is 21.6. The van der Waals surface area contributed by atoms with Gasteiger partial charge in [0.1, 0.15) is 5.75 Å². The average Bonchev–Trinajstić information content (AvgIpc) is 2.78. The predicted molar refractivity (Wildman–Crippen MR) is 117 cm³/mol. The lowest BCUT2D eigenvalue weighted by Crippen LogP contribution is -2.47. The highest BCUT2D eigenvalue weighted by atomic mass is 32.2. The molecule has 2 aromatic carbocycles. The van der Waals surface area contributed by atoms with Crippen molar-refractivity contribution in [3.8, 4) is 5.75 Å². The first-order valence-electron chi connectivity index (χ1n) is 10.5. The van der Waals surface area contributed by atoms with Crippen molar-refractivity contribution in [2.24, 2.45) is 0 Å². The van der Waals surface area contributed by atoms with Crippen LogP contribution >= 0.6 is 0 Å². The molecule has 0 saturated carbocycles. The summed E-state index contributed by atoms with van der Waals surface area (Å²) in [6.07, 6.45) is 2.89. The number of benzene rings is 2. The summed E-state index contributed by atoms with van der Waals surface area (Å²) in [6, 6.07) is 14.5. The Morgan fingerprint density at radius 3 is 2.33 bits per heavy atom. The number of nitrogens with one attached hydrogen (secondary N) is 1. The minimum Gasteiger partial charge on any atom is -0.483 e. The van der Waals surface area contributed by atoms with E-state index in [1.54, 1.807) is 17.0 Å². The summed E-state index contributed by atoms with van der Waals surface area (Å²) in [4.78, 5) is 14.5. The molecule has 0 unspecified atom stereocenters. The van der Waals surface area contributed by atoms with E-state index in [-0.39, 0.29) is 23.5 Å². The van der Waals surface area contributed by atoms with E-state index in [4.69, 9.17) is 4.74 Å². The van der Waals surface area contributed by atoms with Crippen molar-refractivity contribution in [2.75, 3.05) is 19.7 Å². The van der Waals surface area contributed by atoms with Gasteiger partial charge in [-0.15, -0.1) is 0 Å². The van der Waals surface area contributed by atoms with Crippen molar-refractivity contribution in [3.63, 3.8) is 0 Å². The lowest BCUT2D eigenvalue weighted by molar-refractivity contribution is -0.134. The Hall–Kier alpha value is -2.38. The molecule has 0 bridgehead atoms. The number of hydrogen-bond acceptors (Lipinski definition) is 4. The second-order valence-corrected chi connectivity index (χ2v) is 9.24. The molecule has 2 aromatic rings. The normalized spacial score (nSPS) is 15.2. The van der Waals surface area contributed by atoms with E-state index in [9.17, 15) is 13.2 Å². The van der Waals surface area contributed by atoms with Gasteiger partial charge in [-0.05, 0) is 55.0 Å². The third-order valence-corrected chi connectivity index (χ3v) is 7.05. The quantitative estimate of drug-likeness (QED) is 0.698. The molecular weight excluding hydrogens is 400 g/mol. The molecule has 30 heavy (non-hydrogen) atoms. The second kappa shape index (κ2) is 10.1. The lowest BCUT2D eigenvalue weighted by atomic mass is 10.1. The number of sulfonamides is 1. The fourth-order valence-electron chi connectivity index (χ4n) is 3.61. The van der Waals surface area contributed by atoms with Gasteiger partial charge < -0.3 is 9.64 Å². The van der Waals surface area contributed by atoms with Crippen molar-refractivity contribution in [1.82, 2.24) is 9.62 Å². The van der Waals surface area contributed by atoms with Crippen LogP contribution in [0.3, 0.4) is 0 Å². The number of aryl methyl sites for hydroxylation is 2. The van der Waals surface area contributed by atoms with Crippen LogP contribution in [0.4, 0.5) is 0 Å². The van der Waals surface area contributed by atoms with Crippen LogP contribution in [0.25, 0.3) is 0 Å². The average molecular weight is 431 g/mol. The highest BCUT2D eigenvalue weighted by Gasteiger charge is 2.27. The van der Waals surface area contributed by atoms with Crippen molar-refractivity contribution in [3.05, 3.63) is 59.7 Å². The van der Waals surface area contributed by atoms with Crippen LogP contribution in [-0.4, -0.2) is 45.0 Å². The molecule has 0 atom stereocenters. The smallest absolute Gasteiger partial charge is 0.260 e. The van der Waals surface area contributed by atoms with Gasteiger partial charge in [-0.1, -0.05) is 44.2 Å². The van der Waals surface area contributed by atoms with E-state index in [2.05, 4.69) is 4.72 Å². The molecule has 3 rings (SSSR count). The first-order chi connectivity index (χ1) is 14.4. The Morgan fingerprint density at radius 2 is 1.70 bits per heavy atom. The summed E-state index contributed by atoms with van der Waals surface area (Å²) in [5.74, 6) is 0.669. The maximum Gasteiger partial charge on any atom is 0.260 e. The number of nitrogens with zero attached hydrogens (tertiary/aromatic N) is 1. The zero-order valence-electron chi connectivity index (χ0n) is 17.6. The number of rotatable bonds is 8. The van der Waals surface area contributed by atoms with E-state index in [0.717, 1.165) is 29.7 Å². The maximum absolute atomic E-state index is 12.6. The van der Waals surface area contributed by atoms with Crippen molar-refractivity contribution in [2.45, 2.75) is 50.5 Å². The third kappa shape index (κ3) is 5.61. The molecule has 1 saturated heterocycles. The van der Waals surface area contributed by atoms with Crippen LogP contribution in [-0.2, 0) is 27.7 Å². The molecule has 0 aliphatic carbocycles. The number of ether oxygens (including phenoxy) is 1. The molecule has 1 amide bonds. The number of hydrogen-bond donors (Lipinski definition) is 1. The van der Waals surface area contributed by atoms with Crippen LogP contribution in [0.2, 0.25) is 0 Å². The second-order valence-electron chi connectivity index (χ2n) is 7.52. The Balaban J connectivity index is 1.49. The highest BCUT2D eigenvalue weighted by molar-refractivity contribution is 7.89. The molecule has 1 aliphatic rings. The Morgan fingerprint density at radius 1 is 1.03 bits per heavy atom. The first kappa shape index (κ1) is 22.3. The number of para-hydroxylation sites is 1. The van der Waals surface area contributed by atoms with Gasteiger partial charge in [0, 0.05) is 19.1 Å². The molecule has 1 aliphatic heterocycles. The van der Waals surface area contributed by atoms with E-state index in [0.29, 0.717) is 25.9 Å². The van der Waals surface area contributed by atoms with Crippen LogP contribution < -0.4 is 9.46 Å². The van der Waals surface area contributed by atoms with E-state index >= 15 is 0 Å². The third-order valence-electron chi connectivity index (χ3n) is 5.52. The van der Waals surface area contributed by atoms with Crippen LogP contribution in [0.5, 0.6) is 5.75 Å². The zero-order valence-corrected chi connectivity index (χ0v) is 18.5. The minimum absolute atomic E-state index is 0.00279. The fraction of sp³-hybridized carbons (Fsp3) is 0.435. The number of carbonyl (C=O) groups is 1. The van der Waals surface area contributed by atoms with Gasteiger partial charge in [0.15, 0.2) is 6.61 Å². The van der Waals surface area contributed by atoms with Crippen LogP contribution in [0.15, 0.2) is 53.4 Å². The highest BCUT2D eigenvalue weighted by Crippen LogP contribution is 2.19. The number of amides is 1. The van der Waals surface area contributed by atoms with Gasteiger partial charge in [-0.25, -0.2) is 13.1 Å². The van der Waals surface area contributed by atoms with Gasteiger partial charge >= 0.3 is 0 Å². The first-order valence-corrected chi connectivity index (χ1v) is 12.0. The van der Waals surface area contributed by atoms with Crippen LogP contribution in [0.1, 0.15) is 37.8 Å². The Labute approximate surface area is 179 Å². The summed E-state index contributed by atoms with van der Waals surface area (Å²) in [5, 5.41) is 0. The van der Waals surface area contributed by atoms with Crippen LogP contribution in [0, 0.1) is 0 Å². The van der Waals surface area contributed by atoms with Gasteiger partial charge in [-0.2, -0.15) is 0 Å². The van der Waals surface area contributed by atoms with Gasteiger partial charge in [0.05, 0.1) is 4.90 Å². The molecule has 7 heteroatoms. The molecule has 6 nitrogen and oxygen atoms in total. The molecule has 1 heterocycles. The van der Waals surface area contributed by atoms with E-state index in [1.807, 2.05) is 50.2 Å². The molecule has 0 radical (unpaired) electrons. The standard InChI is InChI=1S/C23H30N2O4S/c1-3-18-9-11-21(12-10-18)30(27,28)24-20-13-15-25(16-14-20)23(26)17-29-22-8-6-5-7-19(22)4-2/h5-12,20,24H,3-4,13-17H2,1-2H3. The Bertz CT molecular complexity index is 949. The largest absolute Gasteiger partial charge is 0.483 e. The number of piperidine rings is 1. The summed E-state index contributed by atoms with van der Waals surface area (Å²) in [6.45, 7) is 5.11. The van der Waals surface area contributed by atoms with Crippen molar-refractivity contribution in [1.29, 1.82) is 0 Å². The molecule has 0 spiro atoms. The SMILES string of the molecule is CCc1ccc(S(=O)(=O)NC2CCN(C(=O)COc3ccccc3CC)CC2)cc1. The van der Waals surface area contributed by atoms with Gasteiger partial charge in [-0.3, -0.25) is 4.79 Å². The Kier molecular flexibility index (Phi) is 7.50. The lowest BCUT2D eigenvalue weighted by Gasteiger charge is -2.32. The van der Waals surface area contributed by atoms with Crippen molar-refractivity contribution >= 4 is 15.9 Å². The maximum atomic E-state index is 12.6. The van der Waals surface area contributed by atoms with E-state index in [1.165, 1.54) is 0 Å². The molecule has 0 aromatic heterocycles. The van der Waals surface area contributed by atoms with Gasteiger partial charge in [0.25, 0.3) is 5.91 Å². The summed E-state index contributed by atoms with van der Waals surface area (Å²) >= 11 is 0. The summed E-state index contributed by atoms with van der Waals surface area (Å²) < 4.78 is 33.8. The fourth-order valence-corrected chi connectivity index (χ4v) is 4.91.